The molecule has 5 rings (SSSR count). The maximum atomic E-state index is 12.6. The van der Waals surface area contributed by atoms with E-state index in [-0.39, 0.29) is 23.8 Å². The molecule has 1 amide bonds. The van der Waals surface area contributed by atoms with Crippen molar-refractivity contribution in [2.45, 2.75) is 70.6 Å². The van der Waals surface area contributed by atoms with Crippen LogP contribution in [-0.2, 0) is 16.0 Å². The van der Waals surface area contributed by atoms with E-state index in [4.69, 9.17) is 21.3 Å². The number of ketones is 1. The zero-order valence-electron chi connectivity index (χ0n) is 20.9. The minimum absolute atomic E-state index is 0.00524. The summed E-state index contributed by atoms with van der Waals surface area (Å²) in [6.07, 6.45) is 3.65. The molecule has 1 N–H and O–H groups in total. The molecule has 36 heavy (non-hydrogen) atoms. The first kappa shape index (κ1) is 24.8. The third-order valence-electron chi connectivity index (χ3n) is 7.85. The van der Waals surface area contributed by atoms with Crippen LogP contribution in [-0.4, -0.2) is 39.7 Å². The number of Topliss-reactive ketones (excluding diaryl/α,β-unsaturated/α-hetero) is 1. The molecule has 4 atom stereocenters. The Morgan fingerprint density at radius 3 is 2.72 bits per heavy atom. The van der Waals surface area contributed by atoms with Crippen LogP contribution in [0.5, 0.6) is 0 Å². The highest BCUT2D eigenvalue weighted by Crippen LogP contribution is 2.42. The average Bonchev–Trinajstić information content (AvgIpc) is 3.27. The Labute approximate surface area is 216 Å². The summed E-state index contributed by atoms with van der Waals surface area (Å²) in [6, 6.07) is 11.2. The first-order valence-electron chi connectivity index (χ1n) is 12.6. The standard InChI is InChI=1S/C28H32ClN3O4/c1-16-10-11-22-23(31(16)28(35)36-3)12-13-24-25(22)30-27(26(34)19-7-4-8-20(29)14-19)32(24)21-9-5-6-18(15-21)17(2)33/h4,7-8,12-14,16,18,21,26,34H,5-6,9-11,15H2,1-3H3/t16-,18+,21+,26-/m0/s1. The Kier molecular flexibility index (Phi) is 6.79. The van der Waals surface area contributed by atoms with Crippen molar-refractivity contribution < 1.29 is 19.4 Å². The lowest BCUT2D eigenvalue weighted by atomic mass is 9.83. The van der Waals surface area contributed by atoms with Gasteiger partial charge in [-0.15, -0.1) is 0 Å². The molecule has 190 valence electrons. The summed E-state index contributed by atoms with van der Waals surface area (Å²) >= 11 is 6.24. The molecule has 0 radical (unpaired) electrons. The van der Waals surface area contributed by atoms with E-state index in [1.54, 1.807) is 24.0 Å². The first-order chi connectivity index (χ1) is 17.3. The molecular weight excluding hydrogens is 478 g/mol. The number of imidazole rings is 1. The van der Waals surface area contributed by atoms with Gasteiger partial charge in [-0.05, 0) is 75.8 Å². The number of nitrogens with zero attached hydrogens (tertiary/aromatic N) is 3. The zero-order valence-corrected chi connectivity index (χ0v) is 21.7. The van der Waals surface area contributed by atoms with Crippen LogP contribution in [0.15, 0.2) is 36.4 Å². The van der Waals surface area contributed by atoms with Gasteiger partial charge in [0.05, 0.1) is 23.8 Å². The number of amides is 1. The molecule has 2 heterocycles. The highest BCUT2D eigenvalue weighted by Gasteiger charge is 2.35. The summed E-state index contributed by atoms with van der Waals surface area (Å²) in [4.78, 5) is 31.6. The Balaban J connectivity index is 1.70. The molecule has 1 fully saturated rings. The second-order valence-corrected chi connectivity index (χ2v) is 10.5. The topological polar surface area (TPSA) is 84.7 Å². The minimum atomic E-state index is -0.983. The van der Waals surface area contributed by atoms with Gasteiger partial charge >= 0.3 is 6.09 Å². The molecule has 0 spiro atoms. The number of hydrogen-bond donors (Lipinski definition) is 1. The molecule has 0 saturated heterocycles. The normalized spacial score (nSPS) is 22.8. The highest BCUT2D eigenvalue weighted by molar-refractivity contribution is 6.30. The predicted octanol–water partition coefficient (Wildman–Crippen LogP) is 6.00. The summed E-state index contributed by atoms with van der Waals surface area (Å²) in [5, 5.41) is 12.1. The van der Waals surface area contributed by atoms with Crippen LogP contribution in [0.25, 0.3) is 11.0 Å². The van der Waals surface area contributed by atoms with Gasteiger partial charge in [-0.3, -0.25) is 9.69 Å². The predicted molar refractivity (Wildman–Crippen MR) is 140 cm³/mol. The van der Waals surface area contributed by atoms with Gasteiger partial charge in [-0.25, -0.2) is 9.78 Å². The number of carbonyl (C=O) groups is 2. The lowest BCUT2D eigenvalue weighted by Crippen LogP contribution is -2.42. The van der Waals surface area contributed by atoms with Gasteiger partial charge in [0, 0.05) is 28.6 Å². The number of fused-ring (bicyclic) bond motifs is 3. The number of aromatic nitrogens is 2. The molecule has 1 aliphatic heterocycles. The fourth-order valence-corrected chi connectivity index (χ4v) is 6.16. The molecule has 1 saturated carbocycles. The second kappa shape index (κ2) is 9.87. The number of ether oxygens (including phenoxy) is 1. The monoisotopic (exact) mass is 509 g/mol. The number of aryl methyl sites for hydroxylation is 1. The van der Waals surface area contributed by atoms with Crippen LogP contribution in [0.3, 0.4) is 0 Å². The third-order valence-corrected chi connectivity index (χ3v) is 8.08. The van der Waals surface area contributed by atoms with Crippen LogP contribution in [0.4, 0.5) is 10.5 Å². The van der Waals surface area contributed by atoms with Crippen LogP contribution in [0, 0.1) is 5.92 Å². The van der Waals surface area contributed by atoms with E-state index in [9.17, 15) is 14.7 Å². The number of benzene rings is 2. The van der Waals surface area contributed by atoms with E-state index in [2.05, 4.69) is 4.57 Å². The van der Waals surface area contributed by atoms with Crippen molar-refractivity contribution in [2.24, 2.45) is 5.92 Å². The lowest BCUT2D eigenvalue weighted by molar-refractivity contribution is -0.122. The maximum absolute atomic E-state index is 12.6. The molecule has 0 unspecified atom stereocenters. The van der Waals surface area contributed by atoms with E-state index in [1.807, 2.05) is 31.2 Å². The quantitative estimate of drug-likeness (QED) is 0.466. The van der Waals surface area contributed by atoms with Crippen molar-refractivity contribution >= 4 is 40.2 Å². The Morgan fingerprint density at radius 1 is 1.19 bits per heavy atom. The van der Waals surface area contributed by atoms with Crippen molar-refractivity contribution in [3.8, 4) is 0 Å². The number of methoxy groups -OCH3 is 1. The molecule has 3 aromatic rings. The van der Waals surface area contributed by atoms with E-state index >= 15 is 0 Å². The van der Waals surface area contributed by atoms with Gasteiger partial charge in [-0.2, -0.15) is 0 Å². The molecule has 7 nitrogen and oxygen atoms in total. The molecule has 1 aliphatic carbocycles. The van der Waals surface area contributed by atoms with Crippen LogP contribution in [0.2, 0.25) is 5.02 Å². The van der Waals surface area contributed by atoms with Crippen molar-refractivity contribution in [1.29, 1.82) is 0 Å². The number of hydrogen-bond acceptors (Lipinski definition) is 5. The van der Waals surface area contributed by atoms with Crippen LogP contribution in [0.1, 0.15) is 75.0 Å². The van der Waals surface area contributed by atoms with Crippen LogP contribution < -0.4 is 4.90 Å². The van der Waals surface area contributed by atoms with Crippen molar-refractivity contribution in [3.05, 3.63) is 58.4 Å². The molecule has 2 aromatic carbocycles. The molecule has 0 bridgehead atoms. The summed E-state index contributed by atoms with van der Waals surface area (Å²) in [7, 11) is 1.39. The van der Waals surface area contributed by atoms with Gasteiger partial charge in [0.1, 0.15) is 17.7 Å². The number of carbonyl (C=O) groups excluding carboxylic acids is 2. The summed E-state index contributed by atoms with van der Waals surface area (Å²) in [5.74, 6) is 0.755. The van der Waals surface area contributed by atoms with Gasteiger partial charge in [-0.1, -0.05) is 30.2 Å². The fourth-order valence-electron chi connectivity index (χ4n) is 5.96. The first-order valence-corrected chi connectivity index (χ1v) is 13.0. The summed E-state index contributed by atoms with van der Waals surface area (Å²) < 4.78 is 7.21. The van der Waals surface area contributed by atoms with E-state index in [1.165, 1.54) is 7.11 Å². The number of halogens is 1. The SMILES string of the molecule is COC(=O)N1c2ccc3c(nc([C@@H](O)c4cccc(Cl)c4)n3[C@@H]3CCC[C@@H](C(C)=O)C3)c2CC[C@@H]1C. The molecule has 1 aromatic heterocycles. The largest absolute Gasteiger partial charge is 0.452 e. The number of rotatable bonds is 4. The molecule has 8 heteroatoms. The smallest absolute Gasteiger partial charge is 0.414 e. The van der Waals surface area contributed by atoms with E-state index in [0.29, 0.717) is 16.4 Å². The summed E-state index contributed by atoms with van der Waals surface area (Å²) in [5.41, 5.74) is 4.14. The maximum Gasteiger partial charge on any atom is 0.414 e. The van der Waals surface area contributed by atoms with Crippen molar-refractivity contribution in [3.63, 3.8) is 0 Å². The number of aliphatic hydroxyl groups is 1. The van der Waals surface area contributed by atoms with Gasteiger partial charge in [0.2, 0.25) is 0 Å². The van der Waals surface area contributed by atoms with E-state index in [0.717, 1.165) is 60.8 Å². The van der Waals surface area contributed by atoms with Gasteiger partial charge < -0.3 is 14.4 Å². The minimum Gasteiger partial charge on any atom is -0.452 e. The van der Waals surface area contributed by atoms with E-state index < -0.39 is 12.2 Å². The van der Waals surface area contributed by atoms with Gasteiger partial charge in [0.15, 0.2) is 0 Å². The van der Waals surface area contributed by atoms with Crippen LogP contribution >= 0.6 is 11.6 Å². The number of anilines is 1. The summed E-state index contributed by atoms with van der Waals surface area (Å²) in [6.45, 7) is 3.68. The third kappa shape index (κ3) is 4.28. The lowest BCUT2D eigenvalue weighted by Gasteiger charge is -2.34. The average molecular weight is 510 g/mol. The fraction of sp³-hybridized carbons (Fsp3) is 0.464. The molecule has 2 aliphatic rings. The Morgan fingerprint density at radius 2 is 2.00 bits per heavy atom. The zero-order chi connectivity index (χ0) is 25.6. The molecular formula is C28H32ClN3O4. The Hall–Kier alpha value is -2.90. The van der Waals surface area contributed by atoms with Crippen molar-refractivity contribution in [2.75, 3.05) is 12.0 Å². The second-order valence-electron chi connectivity index (χ2n) is 10.1. The van der Waals surface area contributed by atoms with Gasteiger partial charge in [0.25, 0.3) is 0 Å². The number of aliphatic hydroxyl groups excluding tert-OH is 1. The Bertz CT molecular complexity index is 1320. The van der Waals surface area contributed by atoms with Crippen molar-refractivity contribution in [1.82, 2.24) is 9.55 Å². The highest BCUT2D eigenvalue weighted by atomic mass is 35.5.